The van der Waals surface area contributed by atoms with Crippen LogP contribution in [0, 0.1) is 0 Å². The summed E-state index contributed by atoms with van der Waals surface area (Å²) >= 11 is 0. The molecule has 0 aliphatic carbocycles. The molecule has 2 heteroatoms. The van der Waals surface area contributed by atoms with Crippen molar-refractivity contribution in [3.05, 3.63) is 200 Å². The van der Waals surface area contributed by atoms with Crippen LogP contribution in [0.1, 0.15) is 0 Å². The second-order valence-electron chi connectivity index (χ2n) is 14.1. The van der Waals surface area contributed by atoms with Gasteiger partial charge in [-0.25, -0.2) is 0 Å². The number of hydrogen-bond acceptors (Lipinski definition) is 2. The summed E-state index contributed by atoms with van der Waals surface area (Å²) in [5.41, 5.74) is 9.81. The Morgan fingerprint density at radius 2 is 0.926 bits per heavy atom. The van der Waals surface area contributed by atoms with Crippen molar-refractivity contribution >= 4 is 82.1 Å². The molecule has 1 heterocycles. The van der Waals surface area contributed by atoms with Crippen LogP contribution in [-0.4, -0.2) is 0 Å². The normalized spacial score (nSPS) is 11.7. The average Bonchev–Trinajstić information content (AvgIpc) is 3.64. The standard InChI is InChI=1S/C52H33NO/c1-2-12-38-32-39(21-20-34(38)10-1)35-22-27-41(28-23-35)53(49-18-9-19-50-51(49)47-31-26-36-11-3-6-15-44(36)52(47)54-50)42-29-24-37(25-30-42)48-33-40-13-4-5-14-43(40)45-16-7-8-17-46(45)48/h1-33H. The number of hydrogen-bond donors (Lipinski definition) is 0. The maximum absolute atomic E-state index is 6.67. The van der Waals surface area contributed by atoms with E-state index in [1.165, 1.54) is 60.0 Å². The van der Waals surface area contributed by atoms with Crippen LogP contribution in [0.15, 0.2) is 205 Å². The summed E-state index contributed by atoms with van der Waals surface area (Å²) in [5, 5.41) is 12.0. The Hall–Kier alpha value is -7.16. The van der Waals surface area contributed by atoms with Crippen LogP contribution < -0.4 is 4.90 Å². The lowest BCUT2D eigenvalue weighted by Gasteiger charge is -2.27. The maximum atomic E-state index is 6.67. The van der Waals surface area contributed by atoms with Gasteiger partial charge in [0.15, 0.2) is 0 Å². The van der Waals surface area contributed by atoms with Gasteiger partial charge >= 0.3 is 0 Å². The predicted molar refractivity (Wildman–Crippen MR) is 229 cm³/mol. The van der Waals surface area contributed by atoms with E-state index >= 15 is 0 Å². The quantitative estimate of drug-likeness (QED) is 0.168. The number of furan rings is 1. The zero-order valence-corrected chi connectivity index (χ0v) is 29.4. The molecule has 1 aromatic heterocycles. The molecule has 0 saturated heterocycles. The Labute approximate surface area is 312 Å². The van der Waals surface area contributed by atoms with Crippen LogP contribution in [-0.2, 0) is 0 Å². The minimum Gasteiger partial charge on any atom is -0.455 e. The Balaban J connectivity index is 1.09. The van der Waals surface area contributed by atoms with Crippen molar-refractivity contribution in [2.45, 2.75) is 0 Å². The molecular weight excluding hydrogens is 655 g/mol. The van der Waals surface area contributed by atoms with Gasteiger partial charge in [-0.05, 0) is 115 Å². The zero-order valence-electron chi connectivity index (χ0n) is 29.4. The number of benzene rings is 10. The number of fused-ring (bicyclic) bond motifs is 9. The summed E-state index contributed by atoms with van der Waals surface area (Å²) in [6.07, 6.45) is 0. The fourth-order valence-corrected chi connectivity index (χ4v) is 8.40. The van der Waals surface area contributed by atoms with Gasteiger partial charge in [-0.1, -0.05) is 146 Å². The van der Waals surface area contributed by atoms with E-state index in [0.717, 1.165) is 44.4 Å². The Morgan fingerprint density at radius 3 is 1.70 bits per heavy atom. The second-order valence-corrected chi connectivity index (χ2v) is 14.1. The summed E-state index contributed by atoms with van der Waals surface area (Å²) in [6.45, 7) is 0. The zero-order chi connectivity index (χ0) is 35.6. The first-order valence-corrected chi connectivity index (χ1v) is 18.5. The van der Waals surface area contributed by atoms with E-state index in [2.05, 4.69) is 205 Å². The van der Waals surface area contributed by atoms with E-state index in [1.807, 2.05) is 0 Å². The molecule has 0 atom stereocenters. The highest BCUT2D eigenvalue weighted by Gasteiger charge is 2.21. The number of rotatable bonds is 5. The van der Waals surface area contributed by atoms with Crippen LogP contribution in [0.25, 0.3) is 87.3 Å². The highest BCUT2D eigenvalue weighted by Crippen LogP contribution is 2.45. The van der Waals surface area contributed by atoms with E-state index < -0.39 is 0 Å². The molecule has 0 radical (unpaired) electrons. The predicted octanol–water partition coefficient (Wildman–Crippen LogP) is 15.0. The van der Waals surface area contributed by atoms with Crippen molar-refractivity contribution in [3.8, 4) is 22.3 Å². The van der Waals surface area contributed by atoms with Crippen LogP contribution in [0.5, 0.6) is 0 Å². The molecular formula is C52H33NO. The topological polar surface area (TPSA) is 16.4 Å². The number of nitrogens with zero attached hydrogens (tertiary/aromatic N) is 1. The van der Waals surface area contributed by atoms with Gasteiger partial charge in [-0.2, -0.15) is 0 Å². The van der Waals surface area contributed by atoms with Gasteiger partial charge < -0.3 is 9.32 Å². The molecule has 0 bridgehead atoms. The molecule has 0 aliphatic rings. The highest BCUT2D eigenvalue weighted by molar-refractivity contribution is 6.20. The maximum Gasteiger partial charge on any atom is 0.143 e. The fourth-order valence-electron chi connectivity index (χ4n) is 8.40. The first-order chi connectivity index (χ1) is 26.8. The summed E-state index contributed by atoms with van der Waals surface area (Å²) in [6, 6.07) is 72.3. The van der Waals surface area contributed by atoms with Gasteiger partial charge in [0.1, 0.15) is 11.2 Å². The molecule has 252 valence electrons. The Morgan fingerprint density at radius 1 is 0.333 bits per heavy atom. The summed E-state index contributed by atoms with van der Waals surface area (Å²) < 4.78 is 6.67. The van der Waals surface area contributed by atoms with Crippen molar-refractivity contribution < 1.29 is 4.42 Å². The van der Waals surface area contributed by atoms with Crippen LogP contribution in [0.2, 0.25) is 0 Å². The van der Waals surface area contributed by atoms with E-state index in [-0.39, 0.29) is 0 Å². The van der Waals surface area contributed by atoms with E-state index in [9.17, 15) is 0 Å². The van der Waals surface area contributed by atoms with Crippen LogP contribution in [0.3, 0.4) is 0 Å². The monoisotopic (exact) mass is 687 g/mol. The van der Waals surface area contributed by atoms with E-state index in [0.29, 0.717) is 0 Å². The lowest BCUT2D eigenvalue weighted by Crippen LogP contribution is -2.10. The molecule has 54 heavy (non-hydrogen) atoms. The molecule has 0 aliphatic heterocycles. The minimum absolute atomic E-state index is 0.871. The van der Waals surface area contributed by atoms with Crippen molar-refractivity contribution in [2.24, 2.45) is 0 Å². The lowest BCUT2D eigenvalue weighted by molar-refractivity contribution is 0.672. The molecule has 0 fully saturated rings. The van der Waals surface area contributed by atoms with E-state index in [4.69, 9.17) is 4.42 Å². The molecule has 11 aromatic rings. The Bertz CT molecular complexity index is 3210. The van der Waals surface area contributed by atoms with Crippen molar-refractivity contribution in [1.82, 2.24) is 0 Å². The molecule has 0 N–H and O–H groups in total. The van der Waals surface area contributed by atoms with Gasteiger partial charge in [0.05, 0.1) is 11.1 Å². The van der Waals surface area contributed by atoms with Gasteiger partial charge in [-0.15, -0.1) is 0 Å². The largest absolute Gasteiger partial charge is 0.455 e. The highest BCUT2D eigenvalue weighted by atomic mass is 16.3. The number of anilines is 3. The lowest BCUT2D eigenvalue weighted by atomic mass is 9.93. The third-order valence-electron chi connectivity index (χ3n) is 11.0. The fraction of sp³-hybridized carbons (Fsp3) is 0. The SMILES string of the molecule is c1ccc2cc(-c3ccc(N(c4ccc(-c5cc6ccccc6c6ccccc56)cc4)c4cccc5oc6c7ccccc7ccc6c45)cc3)ccc2c1. The third-order valence-corrected chi connectivity index (χ3v) is 11.0. The van der Waals surface area contributed by atoms with Crippen LogP contribution in [0.4, 0.5) is 17.1 Å². The van der Waals surface area contributed by atoms with Crippen LogP contribution >= 0.6 is 0 Å². The minimum atomic E-state index is 0.871. The van der Waals surface area contributed by atoms with E-state index in [1.54, 1.807) is 0 Å². The van der Waals surface area contributed by atoms with Gasteiger partial charge in [0, 0.05) is 22.1 Å². The van der Waals surface area contributed by atoms with Gasteiger partial charge in [0.25, 0.3) is 0 Å². The third kappa shape index (κ3) is 4.88. The summed E-state index contributed by atoms with van der Waals surface area (Å²) in [4.78, 5) is 2.37. The molecule has 2 nitrogen and oxygen atoms in total. The van der Waals surface area contributed by atoms with Gasteiger partial charge in [0.2, 0.25) is 0 Å². The molecule has 0 saturated carbocycles. The van der Waals surface area contributed by atoms with Crippen molar-refractivity contribution in [3.63, 3.8) is 0 Å². The first-order valence-electron chi connectivity index (χ1n) is 18.5. The molecule has 0 unspecified atom stereocenters. The second kappa shape index (κ2) is 12.2. The average molecular weight is 688 g/mol. The summed E-state index contributed by atoms with van der Waals surface area (Å²) in [5.74, 6) is 0. The molecule has 11 rings (SSSR count). The Kier molecular flexibility index (Phi) is 6.90. The molecule has 0 amide bonds. The van der Waals surface area contributed by atoms with Crippen molar-refractivity contribution in [2.75, 3.05) is 4.90 Å². The van der Waals surface area contributed by atoms with Gasteiger partial charge in [-0.3, -0.25) is 0 Å². The summed E-state index contributed by atoms with van der Waals surface area (Å²) in [7, 11) is 0. The smallest absolute Gasteiger partial charge is 0.143 e. The molecule has 10 aromatic carbocycles. The molecule has 0 spiro atoms. The van der Waals surface area contributed by atoms with Crippen molar-refractivity contribution in [1.29, 1.82) is 0 Å². The first kappa shape index (κ1) is 30.5.